The van der Waals surface area contributed by atoms with Crippen LogP contribution in [0.15, 0.2) is 24.3 Å². The Hall–Kier alpha value is -1.88. The second kappa shape index (κ2) is 5.27. The van der Waals surface area contributed by atoms with E-state index >= 15 is 0 Å². The Labute approximate surface area is 94.2 Å². The lowest BCUT2D eigenvalue weighted by Gasteiger charge is -1.93. The largest absolute Gasteiger partial charge is 0.331 e. The molecular weight excluding hydrogens is 204 g/mol. The van der Waals surface area contributed by atoms with Crippen molar-refractivity contribution in [2.45, 2.75) is 13.8 Å². The fourth-order valence-corrected chi connectivity index (χ4v) is 1.27. The van der Waals surface area contributed by atoms with Crippen molar-refractivity contribution in [3.63, 3.8) is 0 Å². The van der Waals surface area contributed by atoms with Gasteiger partial charge in [0.25, 0.3) is 0 Å². The van der Waals surface area contributed by atoms with Gasteiger partial charge in [0.05, 0.1) is 11.0 Å². The van der Waals surface area contributed by atoms with Crippen LogP contribution in [0, 0.1) is 6.92 Å². The van der Waals surface area contributed by atoms with E-state index in [0.717, 1.165) is 11.3 Å². The minimum atomic E-state index is -0.218. The lowest BCUT2D eigenvalue weighted by Crippen LogP contribution is -2.26. The Morgan fingerprint density at radius 2 is 2.00 bits per heavy atom. The summed E-state index contributed by atoms with van der Waals surface area (Å²) in [6.07, 6.45) is 0. The van der Waals surface area contributed by atoms with Gasteiger partial charge >= 0.3 is 0 Å². The van der Waals surface area contributed by atoms with E-state index in [9.17, 15) is 4.79 Å². The monoisotopic (exact) mass is 220 g/mol. The summed E-state index contributed by atoms with van der Waals surface area (Å²) in [6, 6.07) is 8.15. The van der Waals surface area contributed by atoms with Crippen LogP contribution in [0.4, 0.5) is 0 Å². The summed E-state index contributed by atoms with van der Waals surface area (Å²) in [6.45, 7) is 3.36. The standard InChI is InChI=1S/C9H10N2.C2H6N2O/c1-7-10-8-5-3-4-6-9(8)11(7)2;1-2(5)4-3/h3-6H,1-2H3;3H2,1H3,(H,4,5). The zero-order chi connectivity index (χ0) is 12.1. The van der Waals surface area contributed by atoms with Gasteiger partial charge in [-0.2, -0.15) is 0 Å². The minimum absolute atomic E-state index is 0.218. The SMILES string of the molecule is CC(=O)NN.Cc1nc2ccccc2n1C. The van der Waals surface area contributed by atoms with E-state index in [1.807, 2.05) is 37.6 Å². The smallest absolute Gasteiger partial charge is 0.230 e. The minimum Gasteiger partial charge on any atom is -0.331 e. The molecule has 1 heterocycles. The number of aromatic nitrogens is 2. The number of para-hydroxylation sites is 2. The summed E-state index contributed by atoms with van der Waals surface area (Å²) in [7, 11) is 2.03. The van der Waals surface area contributed by atoms with E-state index in [0.29, 0.717) is 0 Å². The van der Waals surface area contributed by atoms with Crippen LogP contribution in [0.3, 0.4) is 0 Å². The maximum atomic E-state index is 9.58. The van der Waals surface area contributed by atoms with Gasteiger partial charge in [-0.1, -0.05) is 12.1 Å². The summed E-state index contributed by atoms with van der Waals surface area (Å²) in [5, 5.41) is 0. The fraction of sp³-hybridized carbons (Fsp3) is 0.273. The molecule has 5 heteroatoms. The number of nitrogens with zero attached hydrogens (tertiary/aromatic N) is 2. The average Bonchev–Trinajstić information content (AvgIpc) is 2.56. The Bertz CT molecular complexity index is 490. The predicted molar refractivity (Wildman–Crippen MR) is 63.5 cm³/mol. The second-order valence-corrected chi connectivity index (χ2v) is 3.41. The van der Waals surface area contributed by atoms with Crippen LogP contribution in [0.5, 0.6) is 0 Å². The molecule has 0 unspecified atom stereocenters. The number of amides is 1. The number of nitrogens with two attached hydrogens (primary N) is 1. The molecule has 0 saturated heterocycles. The van der Waals surface area contributed by atoms with Crippen LogP contribution in [-0.2, 0) is 11.8 Å². The van der Waals surface area contributed by atoms with Crippen molar-refractivity contribution in [2.75, 3.05) is 0 Å². The summed E-state index contributed by atoms with van der Waals surface area (Å²) in [4.78, 5) is 14.0. The number of hydrogen-bond acceptors (Lipinski definition) is 3. The first-order valence-electron chi connectivity index (χ1n) is 4.91. The second-order valence-electron chi connectivity index (χ2n) is 3.41. The van der Waals surface area contributed by atoms with Crippen molar-refractivity contribution in [1.82, 2.24) is 15.0 Å². The first-order chi connectivity index (χ1) is 7.56. The Balaban J connectivity index is 0.000000221. The van der Waals surface area contributed by atoms with Crippen molar-refractivity contribution in [1.29, 1.82) is 0 Å². The molecule has 0 aliphatic carbocycles. The first kappa shape index (κ1) is 12.2. The molecule has 0 fully saturated rings. The highest BCUT2D eigenvalue weighted by Gasteiger charge is 2.00. The van der Waals surface area contributed by atoms with E-state index in [-0.39, 0.29) is 5.91 Å². The zero-order valence-corrected chi connectivity index (χ0v) is 9.69. The summed E-state index contributed by atoms with van der Waals surface area (Å²) in [5.41, 5.74) is 4.16. The van der Waals surface area contributed by atoms with E-state index in [4.69, 9.17) is 0 Å². The van der Waals surface area contributed by atoms with E-state index in [2.05, 4.69) is 21.5 Å². The highest BCUT2D eigenvalue weighted by molar-refractivity contribution is 5.75. The predicted octanol–water partition coefficient (Wildman–Crippen LogP) is 0.878. The van der Waals surface area contributed by atoms with Crippen LogP contribution in [-0.4, -0.2) is 15.5 Å². The first-order valence-corrected chi connectivity index (χ1v) is 4.91. The molecule has 1 amide bonds. The molecule has 0 aliphatic rings. The molecule has 1 aromatic carbocycles. The lowest BCUT2D eigenvalue weighted by molar-refractivity contribution is -0.119. The van der Waals surface area contributed by atoms with Gasteiger partial charge < -0.3 is 4.57 Å². The number of benzene rings is 1. The molecule has 0 radical (unpaired) electrons. The van der Waals surface area contributed by atoms with Gasteiger partial charge in [-0.25, -0.2) is 10.8 Å². The van der Waals surface area contributed by atoms with Crippen LogP contribution >= 0.6 is 0 Å². The van der Waals surface area contributed by atoms with Gasteiger partial charge in [0.2, 0.25) is 5.91 Å². The van der Waals surface area contributed by atoms with Crippen LogP contribution in [0.25, 0.3) is 11.0 Å². The van der Waals surface area contributed by atoms with E-state index in [1.54, 1.807) is 0 Å². The molecule has 0 aliphatic heterocycles. The van der Waals surface area contributed by atoms with Crippen molar-refractivity contribution in [3.05, 3.63) is 30.1 Å². The van der Waals surface area contributed by atoms with Crippen molar-refractivity contribution in [2.24, 2.45) is 12.9 Å². The van der Waals surface area contributed by atoms with Crippen LogP contribution < -0.4 is 11.3 Å². The zero-order valence-electron chi connectivity index (χ0n) is 9.69. The number of hydrogen-bond donors (Lipinski definition) is 2. The highest BCUT2D eigenvalue weighted by atomic mass is 16.2. The average molecular weight is 220 g/mol. The van der Waals surface area contributed by atoms with Gasteiger partial charge in [0.15, 0.2) is 0 Å². The van der Waals surface area contributed by atoms with E-state index < -0.39 is 0 Å². The molecule has 0 spiro atoms. The molecule has 1 aromatic heterocycles. The Morgan fingerprint density at radius 1 is 1.44 bits per heavy atom. The summed E-state index contributed by atoms with van der Waals surface area (Å²) in [5.74, 6) is 5.42. The molecule has 2 aromatic rings. The third kappa shape index (κ3) is 2.80. The number of rotatable bonds is 0. The van der Waals surface area contributed by atoms with Gasteiger partial charge in [-0.15, -0.1) is 0 Å². The molecule has 86 valence electrons. The number of carbonyl (C=O) groups excluding carboxylic acids is 1. The highest BCUT2D eigenvalue weighted by Crippen LogP contribution is 2.12. The molecule has 3 N–H and O–H groups in total. The quantitative estimate of drug-likeness (QED) is 0.393. The molecule has 0 atom stereocenters. The van der Waals surface area contributed by atoms with Gasteiger partial charge in [0, 0.05) is 14.0 Å². The number of nitrogens with one attached hydrogen (secondary N) is 1. The Kier molecular flexibility index (Phi) is 4.02. The lowest BCUT2D eigenvalue weighted by atomic mass is 10.3. The van der Waals surface area contributed by atoms with Crippen molar-refractivity contribution < 1.29 is 4.79 Å². The number of aryl methyl sites for hydroxylation is 2. The van der Waals surface area contributed by atoms with Gasteiger partial charge in [-0.3, -0.25) is 10.2 Å². The topological polar surface area (TPSA) is 72.9 Å². The molecular formula is C11H16N4O. The molecule has 0 saturated carbocycles. The summed E-state index contributed by atoms with van der Waals surface area (Å²) < 4.78 is 2.09. The molecule has 5 nitrogen and oxygen atoms in total. The number of hydrazine groups is 1. The van der Waals surface area contributed by atoms with Crippen LogP contribution in [0.2, 0.25) is 0 Å². The molecule has 0 bridgehead atoms. The maximum absolute atomic E-state index is 9.58. The van der Waals surface area contributed by atoms with Crippen molar-refractivity contribution in [3.8, 4) is 0 Å². The maximum Gasteiger partial charge on any atom is 0.230 e. The summed E-state index contributed by atoms with van der Waals surface area (Å²) >= 11 is 0. The van der Waals surface area contributed by atoms with E-state index in [1.165, 1.54) is 12.4 Å². The number of imidazole rings is 1. The van der Waals surface area contributed by atoms with Crippen LogP contribution in [0.1, 0.15) is 12.7 Å². The molecule has 16 heavy (non-hydrogen) atoms. The van der Waals surface area contributed by atoms with Gasteiger partial charge in [0.1, 0.15) is 5.82 Å². The normalized spacial score (nSPS) is 9.50. The molecule has 2 rings (SSSR count). The fourth-order valence-electron chi connectivity index (χ4n) is 1.27. The number of carbonyl (C=O) groups is 1. The number of fused-ring (bicyclic) bond motifs is 1. The third-order valence-corrected chi connectivity index (χ3v) is 2.21. The third-order valence-electron chi connectivity index (χ3n) is 2.21. The van der Waals surface area contributed by atoms with Crippen molar-refractivity contribution >= 4 is 16.9 Å². The Morgan fingerprint density at radius 3 is 2.50 bits per heavy atom. The van der Waals surface area contributed by atoms with Gasteiger partial charge in [-0.05, 0) is 19.1 Å².